The molecule has 4 heteroatoms. The lowest BCUT2D eigenvalue weighted by atomic mass is 10.0. The zero-order valence-corrected chi connectivity index (χ0v) is 11.7. The quantitative estimate of drug-likeness (QED) is 0.896. The van der Waals surface area contributed by atoms with E-state index < -0.39 is 0 Å². The fourth-order valence-corrected chi connectivity index (χ4v) is 2.18. The molecular weight excluding hydrogens is 241 g/mol. The molecule has 2 aromatic rings. The van der Waals surface area contributed by atoms with Gasteiger partial charge < -0.3 is 5.32 Å². The highest BCUT2D eigenvalue weighted by atomic mass is 19.1. The number of halogens is 1. The van der Waals surface area contributed by atoms with Crippen LogP contribution in [-0.2, 0) is 13.6 Å². The number of hydrogen-bond acceptors (Lipinski definition) is 2. The highest BCUT2D eigenvalue weighted by molar-refractivity contribution is 5.22. The fraction of sp³-hybridized carbons (Fsp3) is 0.400. The summed E-state index contributed by atoms with van der Waals surface area (Å²) < 4.78 is 15.6. The monoisotopic (exact) mass is 261 g/mol. The molecule has 0 fully saturated rings. The van der Waals surface area contributed by atoms with E-state index in [2.05, 4.69) is 17.3 Å². The van der Waals surface area contributed by atoms with Gasteiger partial charge in [-0.2, -0.15) is 5.10 Å². The number of nitrogens with one attached hydrogen (secondary N) is 1. The van der Waals surface area contributed by atoms with Gasteiger partial charge in [-0.25, -0.2) is 4.39 Å². The van der Waals surface area contributed by atoms with Crippen LogP contribution in [0.25, 0.3) is 0 Å². The smallest absolute Gasteiger partial charge is 0.127 e. The average molecular weight is 261 g/mol. The fourth-order valence-electron chi connectivity index (χ4n) is 2.18. The van der Waals surface area contributed by atoms with Crippen LogP contribution in [0.5, 0.6) is 0 Å². The topological polar surface area (TPSA) is 29.9 Å². The van der Waals surface area contributed by atoms with Crippen molar-refractivity contribution >= 4 is 0 Å². The molecule has 0 bridgehead atoms. The maximum absolute atomic E-state index is 13.8. The summed E-state index contributed by atoms with van der Waals surface area (Å²) in [5.41, 5.74) is 3.01. The average Bonchev–Trinajstić information content (AvgIpc) is 2.73. The molecule has 0 aliphatic heterocycles. The maximum Gasteiger partial charge on any atom is 0.127 e. The van der Waals surface area contributed by atoms with Crippen LogP contribution in [0.4, 0.5) is 4.39 Å². The number of benzene rings is 1. The Bertz CT molecular complexity index is 548. The van der Waals surface area contributed by atoms with Gasteiger partial charge in [-0.15, -0.1) is 0 Å². The first-order valence-corrected chi connectivity index (χ1v) is 6.58. The molecule has 1 aromatic heterocycles. The van der Waals surface area contributed by atoms with Gasteiger partial charge in [-0.3, -0.25) is 4.68 Å². The molecule has 102 valence electrons. The normalized spacial score (nSPS) is 12.6. The van der Waals surface area contributed by atoms with Crippen molar-refractivity contribution in [2.24, 2.45) is 7.05 Å². The van der Waals surface area contributed by atoms with Crippen molar-refractivity contribution < 1.29 is 4.39 Å². The van der Waals surface area contributed by atoms with Crippen molar-refractivity contribution in [3.63, 3.8) is 0 Å². The molecule has 1 aromatic carbocycles. The van der Waals surface area contributed by atoms with Crippen molar-refractivity contribution in [3.8, 4) is 0 Å². The number of nitrogens with zero attached hydrogens (tertiary/aromatic N) is 2. The molecule has 0 radical (unpaired) electrons. The molecule has 2 rings (SSSR count). The molecule has 1 N–H and O–H groups in total. The van der Waals surface area contributed by atoms with Gasteiger partial charge in [0.2, 0.25) is 0 Å². The molecule has 0 amide bonds. The molecule has 3 nitrogen and oxygen atoms in total. The van der Waals surface area contributed by atoms with E-state index in [-0.39, 0.29) is 11.9 Å². The second-order valence-corrected chi connectivity index (χ2v) is 4.74. The van der Waals surface area contributed by atoms with E-state index in [1.165, 1.54) is 6.07 Å². The lowest BCUT2D eigenvalue weighted by Gasteiger charge is -2.18. The van der Waals surface area contributed by atoms with Crippen LogP contribution in [0.3, 0.4) is 0 Å². The zero-order chi connectivity index (χ0) is 13.8. The number of aromatic nitrogens is 2. The summed E-state index contributed by atoms with van der Waals surface area (Å²) >= 11 is 0. The Hall–Kier alpha value is -1.68. The summed E-state index contributed by atoms with van der Waals surface area (Å²) in [7, 11) is 1.92. The van der Waals surface area contributed by atoms with E-state index in [0.29, 0.717) is 6.54 Å². The molecule has 0 aliphatic rings. The Labute approximate surface area is 113 Å². The largest absolute Gasteiger partial charge is 0.306 e. The summed E-state index contributed by atoms with van der Waals surface area (Å²) in [5.74, 6) is -0.148. The van der Waals surface area contributed by atoms with Gasteiger partial charge in [0.15, 0.2) is 0 Å². The summed E-state index contributed by atoms with van der Waals surface area (Å²) in [4.78, 5) is 0. The summed E-state index contributed by atoms with van der Waals surface area (Å²) in [5, 5.41) is 7.62. The third kappa shape index (κ3) is 3.01. The first-order valence-electron chi connectivity index (χ1n) is 6.58. The molecule has 0 spiro atoms. The summed E-state index contributed by atoms with van der Waals surface area (Å²) in [6, 6.07) is 6.97. The van der Waals surface area contributed by atoms with Crippen LogP contribution in [0, 0.1) is 12.7 Å². The zero-order valence-electron chi connectivity index (χ0n) is 11.7. The second kappa shape index (κ2) is 5.97. The molecular formula is C15H20FN3. The van der Waals surface area contributed by atoms with Crippen LogP contribution < -0.4 is 5.32 Å². The third-order valence-electron chi connectivity index (χ3n) is 3.56. The Morgan fingerprint density at radius 3 is 2.68 bits per heavy atom. The van der Waals surface area contributed by atoms with Crippen LogP contribution in [-0.4, -0.2) is 9.78 Å². The first kappa shape index (κ1) is 13.7. The van der Waals surface area contributed by atoms with E-state index in [9.17, 15) is 4.39 Å². The molecule has 0 saturated carbocycles. The summed E-state index contributed by atoms with van der Waals surface area (Å²) in [6.45, 7) is 4.79. The van der Waals surface area contributed by atoms with Gasteiger partial charge in [0, 0.05) is 36.5 Å². The van der Waals surface area contributed by atoms with Gasteiger partial charge in [-0.1, -0.05) is 25.1 Å². The van der Waals surface area contributed by atoms with Gasteiger partial charge in [0.25, 0.3) is 0 Å². The molecule has 0 aliphatic carbocycles. The van der Waals surface area contributed by atoms with Crippen molar-refractivity contribution in [3.05, 3.63) is 53.1 Å². The van der Waals surface area contributed by atoms with E-state index >= 15 is 0 Å². The number of hydrogen-bond donors (Lipinski definition) is 1. The summed E-state index contributed by atoms with van der Waals surface area (Å²) in [6.07, 6.45) is 2.71. The van der Waals surface area contributed by atoms with Gasteiger partial charge in [0.1, 0.15) is 5.82 Å². The minimum atomic E-state index is -0.148. The van der Waals surface area contributed by atoms with Crippen LogP contribution in [0.1, 0.15) is 36.2 Å². The van der Waals surface area contributed by atoms with Crippen LogP contribution in [0.15, 0.2) is 30.5 Å². The van der Waals surface area contributed by atoms with Crippen LogP contribution in [0.2, 0.25) is 0 Å². The Kier molecular flexibility index (Phi) is 4.32. The van der Waals surface area contributed by atoms with Gasteiger partial charge in [-0.05, 0) is 19.4 Å². The number of rotatable bonds is 5. The standard InChI is InChI=1S/C15H20FN3/c1-4-15(13-7-5-6-8-14(13)16)17-9-12-10-18-19(3)11(12)2/h5-8,10,15,17H,4,9H2,1-3H3. The molecule has 19 heavy (non-hydrogen) atoms. The predicted molar refractivity (Wildman–Crippen MR) is 74.2 cm³/mol. The predicted octanol–water partition coefficient (Wildman–Crippen LogP) is 3.11. The Morgan fingerprint density at radius 1 is 1.37 bits per heavy atom. The Morgan fingerprint density at radius 2 is 2.11 bits per heavy atom. The highest BCUT2D eigenvalue weighted by Crippen LogP contribution is 2.20. The van der Waals surface area contributed by atoms with E-state index in [4.69, 9.17) is 0 Å². The van der Waals surface area contributed by atoms with E-state index in [1.807, 2.05) is 37.0 Å². The van der Waals surface area contributed by atoms with Crippen LogP contribution >= 0.6 is 0 Å². The molecule has 0 saturated heterocycles. The molecule has 1 heterocycles. The minimum Gasteiger partial charge on any atom is -0.306 e. The first-order chi connectivity index (χ1) is 9.13. The highest BCUT2D eigenvalue weighted by Gasteiger charge is 2.13. The molecule has 1 atom stereocenters. The van der Waals surface area contributed by atoms with Crippen molar-refractivity contribution in [2.75, 3.05) is 0 Å². The number of aryl methyl sites for hydroxylation is 1. The maximum atomic E-state index is 13.8. The second-order valence-electron chi connectivity index (χ2n) is 4.74. The third-order valence-corrected chi connectivity index (χ3v) is 3.56. The SMILES string of the molecule is CCC(NCc1cnn(C)c1C)c1ccccc1F. The van der Waals surface area contributed by atoms with E-state index in [0.717, 1.165) is 23.2 Å². The van der Waals surface area contributed by atoms with Crippen molar-refractivity contribution in [2.45, 2.75) is 32.9 Å². The van der Waals surface area contributed by atoms with Crippen molar-refractivity contribution in [1.82, 2.24) is 15.1 Å². The lowest BCUT2D eigenvalue weighted by molar-refractivity contribution is 0.487. The minimum absolute atomic E-state index is 0.0285. The molecule has 1 unspecified atom stereocenters. The van der Waals surface area contributed by atoms with Gasteiger partial charge >= 0.3 is 0 Å². The van der Waals surface area contributed by atoms with Crippen molar-refractivity contribution in [1.29, 1.82) is 0 Å². The lowest BCUT2D eigenvalue weighted by Crippen LogP contribution is -2.21. The van der Waals surface area contributed by atoms with Gasteiger partial charge in [0.05, 0.1) is 6.20 Å². The Balaban J connectivity index is 2.08. The van der Waals surface area contributed by atoms with E-state index in [1.54, 1.807) is 6.07 Å².